The molecule has 2 aliphatic heterocycles. The molecule has 1 unspecified atom stereocenters. The molecule has 208 valence electrons. The lowest BCUT2D eigenvalue weighted by atomic mass is 9.99. The van der Waals surface area contributed by atoms with E-state index in [1.165, 1.54) is 30.3 Å². The van der Waals surface area contributed by atoms with Crippen molar-refractivity contribution in [3.05, 3.63) is 83.2 Å². The number of carboxylic acids is 1. The number of aromatic amines is 1. The summed E-state index contributed by atoms with van der Waals surface area (Å²) in [5.74, 6) is -0.873. The fraction of sp³-hybridized carbons (Fsp3) is 0.222. The highest BCUT2D eigenvalue weighted by Gasteiger charge is 2.20. The predicted octanol–water partition coefficient (Wildman–Crippen LogP) is 3.24. The van der Waals surface area contributed by atoms with Gasteiger partial charge < -0.3 is 30.8 Å². The zero-order valence-electron chi connectivity index (χ0n) is 21.1. The third-order valence-corrected chi connectivity index (χ3v) is 6.44. The summed E-state index contributed by atoms with van der Waals surface area (Å²) in [5, 5.41) is 17.9. The first-order valence-electron chi connectivity index (χ1n) is 12.2. The Labute approximate surface area is 234 Å². The van der Waals surface area contributed by atoms with Gasteiger partial charge >= 0.3 is 5.97 Å². The van der Waals surface area contributed by atoms with Crippen molar-refractivity contribution >= 4 is 46.9 Å². The summed E-state index contributed by atoms with van der Waals surface area (Å²) in [4.78, 5) is 45.7. The van der Waals surface area contributed by atoms with Crippen LogP contribution in [0.1, 0.15) is 44.3 Å². The average molecular weight is 569 g/mol. The van der Waals surface area contributed by atoms with Crippen LogP contribution < -0.4 is 20.7 Å². The van der Waals surface area contributed by atoms with Gasteiger partial charge in [-0.05, 0) is 54.3 Å². The zero-order chi connectivity index (χ0) is 27.4. The van der Waals surface area contributed by atoms with Gasteiger partial charge in [-0.2, -0.15) is 0 Å². The summed E-state index contributed by atoms with van der Waals surface area (Å²) in [6.07, 6.45) is 3.58. The van der Waals surface area contributed by atoms with Gasteiger partial charge in [-0.1, -0.05) is 18.2 Å². The van der Waals surface area contributed by atoms with Crippen LogP contribution in [0.3, 0.4) is 0 Å². The summed E-state index contributed by atoms with van der Waals surface area (Å²) in [7, 11) is 0. The second kappa shape index (κ2) is 12.5. The van der Waals surface area contributed by atoms with Crippen LogP contribution in [0.2, 0.25) is 0 Å². The van der Waals surface area contributed by atoms with Gasteiger partial charge in [-0.15, -0.1) is 12.4 Å². The van der Waals surface area contributed by atoms with Gasteiger partial charge in [0.05, 0.1) is 11.2 Å². The van der Waals surface area contributed by atoms with E-state index in [2.05, 4.69) is 30.9 Å². The number of carbonyl (C=O) groups excluding carboxylic acids is 2. The molecule has 4 aromatic rings. The second-order valence-electron chi connectivity index (χ2n) is 9.04. The highest BCUT2D eigenvalue weighted by Crippen LogP contribution is 2.28. The van der Waals surface area contributed by atoms with Crippen molar-refractivity contribution in [2.45, 2.75) is 18.9 Å². The van der Waals surface area contributed by atoms with Crippen molar-refractivity contribution in [1.29, 1.82) is 0 Å². The van der Waals surface area contributed by atoms with Gasteiger partial charge in [-0.25, -0.2) is 19.2 Å². The first-order chi connectivity index (χ1) is 18.9. The van der Waals surface area contributed by atoms with Crippen LogP contribution in [0.4, 0.5) is 10.1 Å². The van der Waals surface area contributed by atoms with Crippen molar-refractivity contribution in [2.24, 2.45) is 0 Å². The summed E-state index contributed by atoms with van der Waals surface area (Å²) in [5.41, 5.74) is 2.96. The molecular weight excluding hydrogens is 543 g/mol. The van der Waals surface area contributed by atoms with Crippen LogP contribution in [0.5, 0.6) is 5.75 Å². The molecule has 0 aliphatic carbocycles. The molecule has 6 rings (SSSR count). The molecule has 4 heterocycles. The number of aromatic nitrogens is 3. The third kappa shape index (κ3) is 6.35. The Morgan fingerprint density at radius 1 is 1.15 bits per heavy atom. The SMILES string of the molecule is Cl.Fc1ccc(C2CCNC2)cc1.O=C1COc2ccc(CNC(=O)c3ncnc4c(C(=O)O)c[nH]c34)cc2N1. The Balaban J connectivity index is 0.000000238. The quantitative estimate of drug-likeness (QED) is 0.245. The first-order valence-corrected chi connectivity index (χ1v) is 12.2. The van der Waals surface area contributed by atoms with E-state index < -0.39 is 11.9 Å². The Hall–Kier alpha value is -4.55. The summed E-state index contributed by atoms with van der Waals surface area (Å²) < 4.78 is 17.8. The molecule has 0 bridgehead atoms. The first kappa shape index (κ1) is 28.5. The van der Waals surface area contributed by atoms with Crippen LogP contribution in [-0.4, -0.2) is 57.5 Å². The number of hydrogen-bond acceptors (Lipinski definition) is 7. The Morgan fingerprint density at radius 2 is 1.95 bits per heavy atom. The largest absolute Gasteiger partial charge is 0.482 e. The monoisotopic (exact) mass is 568 g/mol. The number of benzene rings is 2. The van der Waals surface area contributed by atoms with Crippen molar-refractivity contribution in [1.82, 2.24) is 25.6 Å². The van der Waals surface area contributed by atoms with E-state index in [0.717, 1.165) is 25.0 Å². The van der Waals surface area contributed by atoms with Gasteiger partial charge in [0.15, 0.2) is 12.3 Å². The molecule has 2 aromatic carbocycles. The molecule has 1 saturated heterocycles. The number of carboxylic acid groups (broad SMARTS) is 1. The number of hydrogen-bond donors (Lipinski definition) is 5. The lowest BCUT2D eigenvalue weighted by Crippen LogP contribution is -2.26. The number of aromatic carboxylic acids is 1. The Morgan fingerprint density at radius 3 is 2.67 bits per heavy atom. The van der Waals surface area contributed by atoms with E-state index >= 15 is 0 Å². The lowest BCUT2D eigenvalue weighted by molar-refractivity contribution is -0.118. The fourth-order valence-corrected chi connectivity index (χ4v) is 4.45. The number of H-pyrrole nitrogens is 1. The maximum atomic E-state index is 12.6. The maximum Gasteiger partial charge on any atom is 0.339 e. The Bertz CT molecular complexity index is 1540. The molecule has 40 heavy (non-hydrogen) atoms. The molecule has 2 aliphatic rings. The fourth-order valence-electron chi connectivity index (χ4n) is 4.45. The third-order valence-electron chi connectivity index (χ3n) is 6.44. The molecule has 13 heteroatoms. The number of nitrogens with one attached hydrogen (secondary N) is 4. The number of carbonyl (C=O) groups is 3. The minimum atomic E-state index is -1.15. The minimum absolute atomic E-state index is 0. The van der Waals surface area contributed by atoms with Crippen molar-refractivity contribution in [3.63, 3.8) is 0 Å². The maximum absolute atomic E-state index is 12.6. The lowest BCUT2D eigenvalue weighted by Gasteiger charge is -2.18. The van der Waals surface area contributed by atoms with Gasteiger partial charge in [-0.3, -0.25) is 9.59 Å². The van der Waals surface area contributed by atoms with Gasteiger partial charge in [0.1, 0.15) is 29.0 Å². The van der Waals surface area contributed by atoms with Crippen molar-refractivity contribution < 1.29 is 28.6 Å². The summed E-state index contributed by atoms with van der Waals surface area (Å²) in [6.45, 7) is 2.27. The number of nitrogens with zero attached hydrogens (tertiary/aromatic N) is 2. The van der Waals surface area contributed by atoms with Crippen LogP contribution in [0.15, 0.2) is 55.0 Å². The van der Waals surface area contributed by atoms with E-state index in [9.17, 15) is 18.8 Å². The molecule has 0 radical (unpaired) electrons. The second-order valence-corrected chi connectivity index (χ2v) is 9.04. The topological polar surface area (TPSA) is 158 Å². The molecule has 5 N–H and O–H groups in total. The normalized spacial score (nSPS) is 15.5. The van der Waals surface area contributed by atoms with Crippen molar-refractivity contribution in [2.75, 3.05) is 25.0 Å². The summed E-state index contributed by atoms with van der Waals surface area (Å²) >= 11 is 0. The van der Waals surface area contributed by atoms with E-state index in [0.29, 0.717) is 17.4 Å². The van der Waals surface area contributed by atoms with Crippen LogP contribution in [-0.2, 0) is 11.3 Å². The number of ether oxygens (including phenoxy) is 1. The number of amides is 2. The molecular formula is C27H26ClFN6O5. The molecule has 0 saturated carbocycles. The number of halogens is 2. The molecule has 1 fully saturated rings. The van der Waals surface area contributed by atoms with Gasteiger partial charge in [0.2, 0.25) is 0 Å². The number of anilines is 1. The number of rotatable bonds is 5. The van der Waals surface area contributed by atoms with E-state index in [1.54, 1.807) is 18.2 Å². The standard InChI is InChI=1S/C17H13N5O5.C10H12FN.ClH/c23-12-6-27-11-2-1-8(3-10(11)22-12)4-19-16(24)15-14-13(20-7-21-15)9(5-18-14)17(25)26;11-10-3-1-8(2-4-10)9-5-6-12-7-9;/h1-3,5,7,18H,4,6H2,(H,19,24)(H,22,23)(H,25,26);1-4,9,12H,5-7H2;1H. The highest BCUT2D eigenvalue weighted by atomic mass is 35.5. The molecule has 2 amide bonds. The smallest absolute Gasteiger partial charge is 0.339 e. The van der Waals surface area contributed by atoms with E-state index in [1.807, 2.05) is 12.1 Å². The zero-order valence-corrected chi connectivity index (χ0v) is 21.9. The predicted molar refractivity (Wildman–Crippen MR) is 146 cm³/mol. The molecule has 1 atom stereocenters. The highest BCUT2D eigenvalue weighted by molar-refractivity contribution is 6.08. The van der Waals surface area contributed by atoms with Gasteiger partial charge in [0, 0.05) is 19.3 Å². The van der Waals surface area contributed by atoms with Gasteiger partial charge in [0.25, 0.3) is 11.8 Å². The summed E-state index contributed by atoms with van der Waals surface area (Å²) in [6, 6.07) is 12.0. The van der Waals surface area contributed by atoms with E-state index in [4.69, 9.17) is 9.84 Å². The van der Waals surface area contributed by atoms with Crippen LogP contribution in [0, 0.1) is 5.82 Å². The minimum Gasteiger partial charge on any atom is -0.482 e. The van der Waals surface area contributed by atoms with Crippen LogP contribution >= 0.6 is 12.4 Å². The van der Waals surface area contributed by atoms with E-state index in [-0.39, 0.29) is 59.6 Å². The number of fused-ring (bicyclic) bond motifs is 2. The Kier molecular flexibility index (Phi) is 8.92. The molecule has 0 spiro atoms. The van der Waals surface area contributed by atoms with Crippen molar-refractivity contribution in [3.8, 4) is 5.75 Å². The molecule has 2 aromatic heterocycles. The van der Waals surface area contributed by atoms with Crippen LogP contribution in [0.25, 0.3) is 11.0 Å². The average Bonchev–Trinajstić information content (AvgIpc) is 3.63. The molecule has 11 nitrogen and oxygen atoms in total.